The van der Waals surface area contributed by atoms with Crippen molar-refractivity contribution in [1.29, 1.82) is 0 Å². The second-order valence-corrected chi connectivity index (χ2v) is 11.0. The molecule has 182 valence electrons. The summed E-state index contributed by atoms with van der Waals surface area (Å²) < 4.78 is 28.7. The van der Waals surface area contributed by atoms with Crippen molar-refractivity contribution in [3.8, 4) is 22.3 Å². The zero-order chi connectivity index (χ0) is 25.7. The topological polar surface area (TPSA) is 84.8 Å². The zero-order valence-corrected chi connectivity index (χ0v) is 21.1. The number of H-pyrrole nitrogens is 1. The number of aromatic amines is 1. The van der Waals surface area contributed by atoms with Crippen molar-refractivity contribution < 1.29 is 13.2 Å². The van der Waals surface area contributed by atoms with Crippen LogP contribution in [0.1, 0.15) is 21.5 Å². The number of hydrogen-bond acceptors (Lipinski definition) is 4. The van der Waals surface area contributed by atoms with Crippen LogP contribution in [-0.4, -0.2) is 28.6 Å². The van der Waals surface area contributed by atoms with E-state index in [1.807, 2.05) is 62.5 Å². The molecule has 3 aromatic carbocycles. The molecular weight excluding hydrogens is 482 g/mol. The molecule has 0 saturated carbocycles. The van der Waals surface area contributed by atoms with E-state index in [0.717, 1.165) is 56.0 Å². The summed E-state index contributed by atoms with van der Waals surface area (Å²) in [5, 5.41) is 1.75. The highest BCUT2D eigenvalue weighted by Gasteiger charge is 2.23. The van der Waals surface area contributed by atoms with E-state index in [4.69, 9.17) is 0 Å². The minimum atomic E-state index is -3.89. The van der Waals surface area contributed by atoms with E-state index in [2.05, 4.69) is 9.97 Å². The number of aryl methyl sites for hydroxylation is 2. The number of carbonyl (C=O) groups is 1. The molecule has 6 aromatic rings. The van der Waals surface area contributed by atoms with Crippen LogP contribution in [-0.2, 0) is 10.0 Å². The number of benzene rings is 3. The summed E-state index contributed by atoms with van der Waals surface area (Å²) in [7, 11) is -3.89. The minimum Gasteiger partial charge on any atom is -0.361 e. The molecule has 0 aliphatic carbocycles. The van der Waals surface area contributed by atoms with Crippen LogP contribution >= 0.6 is 0 Å². The predicted molar refractivity (Wildman–Crippen MR) is 146 cm³/mol. The third kappa shape index (κ3) is 3.84. The van der Waals surface area contributed by atoms with Crippen LogP contribution in [0.5, 0.6) is 0 Å². The highest BCUT2D eigenvalue weighted by atomic mass is 32.2. The van der Waals surface area contributed by atoms with E-state index in [1.165, 1.54) is 3.97 Å². The van der Waals surface area contributed by atoms with Crippen molar-refractivity contribution in [2.75, 3.05) is 0 Å². The first-order valence-corrected chi connectivity index (χ1v) is 13.3. The second-order valence-electron chi connectivity index (χ2n) is 9.22. The number of nitrogens with zero attached hydrogens (tertiary/aromatic N) is 2. The van der Waals surface area contributed by atoms with Crippen LogP contribution in [0.3, 0.4) is 0 Å². The molecule has 7 heteroatoms. The van der Waals surface area contributed by atoms with E-state index >= 15 is 0 Å². The van der Waals surface area contributed by atoms with Crippen LogP contribution < -0.4 is 0 Å². The number of rotatable bonds is 5. The molecule has 6 nitrogen and oxygen atoms in total. The number of hydrogen-bond donors (Lipinski definition) is 1. The van der Waals surface area contributed by atoms with Gasteiger partial charge in [-0.15, -0.1) is 0 Å². The molecule has 1 N–H and O–H groups in total. The maximum absolute atomic E-state index is 13.7. The molecule has 0 aliphatic heterocycles. The van der Waals surface area contributed by atoms with Crippen molar-refractivity contribution in [2.24, 2.45) is 0 Å². The number of aromatic nitrogens is 3. The Bertz CT molecular complexity index is 1930. The van der Waals surface area contributed by atoms with Crippen molar-refractivity contribution >= 4 is 38.2 Å². The molecule has 3 heterocycles. The number of fused-ring (bicyclic) bond motifs is 2. The lowest BCUT2D eigenvalue weighted by atomic mass is 9.99. The molecule has 37 heavy (non-hydrogen) atoms. The molecular formula is C30H23N3O3S. The standard InChI is InChI=1S/C30H23N3O3S/c1-19-3-8-26(9-4-19)37(35,36)33-17-28(22-7-10-29-23(14-22)11-12-31-29)27-15-25(16-32-30(27)33)21-5-6-24(18-34)20(2)13-21/h3-18,31H,1-2H3. The Morgan fingerprint density at radius 3 is 2.41 bits per heavy atom. The first-order valence-electron chi connectivity index (χ1n) is 11.8. The van der Waals surface area contributed by atoms with Gasteiger partial charge in [-0.2, -0.15) is 0 Å². The smallest absolute Gasteiger partial charge is 0.269 e. The highest BCUT2D eigenvalue weighted by molar-refractivity contribution is 7.90. The quantitative estimate of drug-likeness (QED) is 0.270. The maximum Gasteiger partial charge on any atom is 0.269 e. The van der Waals surface area contributed by atoms with Crippen LogP contribution in [0.2, 0.25) is 0 Å². The summed E-state index contributed by atoms with van der Waals surface area (Å²) in [4.78, 5) is 19.3. The van der Waals surface area contributed by atoms with Crippen molar-refractivity contribution in [3.63, 3.8) is 0 Å². The van der Waals surface area contributed by atoms with Gasteiger partial charge in [-0.25, -0.2) is 17.4 Å². The van der Waals surface area contributed by atoms with Gasteiger partial charge in [-0.3, -0.25) is 4.79 Å². The van der Waals surface area contributed by atoms with Gasteiger partial charge in [0.1, 0.15) is 6.29 Å². The molecule has 0 amide bonds. The summed E-state index contributed by atoms with van der Waals surface area (Å²) in [5.41, 5.74) is 7.24. The Kier molecular flexibility index (Phi) is 5.31. The van der Waals surface area contributed by atoms with Crippen molar-refractivity contribution in [2.45, 2.75) is 18.7 Å². The SMILES string of the molecule is Cc1ccc(S(=O)(=O)n2cc(-c3ccc4[nH]ccc4c3)c3cc(-c4ccc(C=O)c(C)c4)cnc32)cc1. The van der Waals surface area contributed by atoms with Gasteiger partial charge in [-0.1, -0.05) is 42.0 Å². The van der Waals surface area contributed by atoms with Gasteiger partial charge in [0.2, 0.25) is 0 Å². The number of nitrogens with one attached hydrogen (secondary N) is 1. The van der Waals surface area contributed by atoms with Crippen LogP contribution in [0.4, 0.5) is 0 Å². The lowest BCUT2D eigenvalue weighted by Gasteiger charge is -2.08. The molecule has 0 fully saturated rings. The predicted octanol–water partition coefficient (Wildman–Crippen LogP) is 6.52. The average molecular weight is 506 g/mol. The van der Waals surface area contributed by atoms with Gasteiger partial charge < -0.3 is 4.98 Å². The molecule has 0 aliphatic rings. The fraction of sp³-hybridized carbons (Fsp3) is 0.0667. The van der Waals surface area contributed by atoms with E-state index in [-0.39, 0.29) is 4.90 Å². The van der Waals surface area contributed by atoms with Crippen LogP contribution in [0, 0.1) is 13.8 Å². The van der Waals surface area contributed by atoms with Gasteiger partial charge in [0.05, 0.1) is 4.90 Å². The largest absolute Gasteiger partial charge is 0.361 e. The van der Waals surface area contributed by atoms with Gasteiger partial charge in [0.15, 0.2) is 5.65 Å². The summed E-state index contributed by atoms with van der Waals surface area (Å²) in [6.07, 6.45) is 6.06. The number of carbonyl (C=O) groups excluding carboxylic acids is 1. The Morgan fingerprint density at radius 1 is 0.865 bits per heavy atom. The van der Waals surface area contributed by atoms with E-state index < -0.39 is 10.0 Å². The Hall–Kier alpha value is -4.49. The first kappa shape index (κ1) is 22.9. The summed E-state index contributed by atoms with van der Waals surface area (Å²) in [5.74, 6) is 0. The second kappa shape index (κ2) is 8.57. The Morgan fingerprint density at radius 2 is 1.65 bits per heavy atom. The van der Waals surface area contributed by atoms with Gasteiger partial charge in [0.25, 0.3) is 10.0 Å². The molecule has 3 aromatic heterocycles. The molecule has 0 radical (unpaired) electrons. The third-order valence-electron chi connectivity index (χ3n) is 6.78. The Balaban J connectivity index is 1.60. The number of pyridine rings is 1. The summed E-state index contributed by atoms with van der Waals surface area (Å²) >= 11 is 0. The fourth-order valence-corrected chi connectivity index (χ4v) is 6.01. The van der Waals surface area contributed by atoms with Crippen LogP contribution in [0.15, 0.2) is 96.3 Å². The van der Waals surface area contributed by atoms with Gasteiger partial charge in [0, 0.05) is 46.2 Å². The summed E-state index contributed by atoms with van der Waals surface area (Å²) in [6.45, 7) is 3.81. The molecule has 0 spiro atoms. The van der Waals surface area contributed by atoms with Gasteiger partial charge in [-0.05, 0) is 72.3 Å². The highest BCUT2D eigenvalue weighted by Crippen LogP contribution is 2.36. The normalized spacial score (nSPS) is 11.8. The maximum atomic E-state index is 13.7. The average Bonchev–Trinajstić information content (AvgIpc) is 3.53. The van der Waals surface area contributed by atoms with Crippen molar-refractivity contribution in [1.82, 2.24) is 13.9 Å². The molecule has 0 bridgehead atoms. The van der Waals surface area contributed by atoms with Crippen molar-refractivity contribution in [3.05, 3.63) is 108 Å². The molecule has 0 unspecified atom stereocenters. The summed E-state index contributed by atoms with van der Waals surface area (Å²) in [6, 6.07) is 22.4. The van der Waals surface area contributed by atoms with E-state index in [9.17, 15) is 13.2 Å². The third-order valence-corrected chi connectivity index (χ3v) is 8.45. The Labute approximate surface area is 214 Å². The molecule has 6 rings (SSSR count). The van der Waals surface area contributed by atoms with Gasteiger partial charge >= 0.3 is 0 Å². The first-order chi connectivity index (χ1) is 17.8. The lowest BCUT2D eigenvalue weighted by Crippen LogP contribution is -2.12. The van der Waals surface area contributed by atoms with E-state index in [1.54, 1.807) is 42.7 Å². The molecule has 0 atom stereocenters. The zero-order valence-electron chi connectivity index (χ0n) is 20.3. The monoisotopic (exact) mass is 505 g/mol. The molecule has 0 saturated heterocycles. The minimum absolute atomic E-state index is 0.202. The lowest BCUT2D eigenvalue weighted by molar-refractivity contribution is 0.112. The van der Waals surface area contributed by atoms with E-state index in [0.29, 0.717) is 11.2 Å². The number of aldehydes is 1. The fourth-order valence-electron chi connectivity index (χ4n) is 4.68. The van der Waals surface area contributed by atoms with Crippen LogP contribution in [0.25, 0.3) is 44.2 Å².